The van der Waals surface area contributed by atoms with Crippen molar-refractivity contribution < 1.29 is 4.48 Å². The van der Waals surface area contributed by atoms with Crippen LogP contribution in [0.5, 0.6) is 0 Å². The summed E-state index contributed by atoms with van der Waals surface area (Å²) in [6.07, 6.45) is 11.5. The third-order valence-corrected chi connectivity index (χ3v) is 3.99. The first kappa shape index (κ1) is 16.4. The number of piperidine rings is 1. The van der Waals surface area contributed by atoms with E-state index in [-0.39, 0.29) is 0 Å². The molecule has 1 saturated heterocycles. The van der Waals surface area contributed by atoms with Gasteiger partial charge in [0.25, 0.3) is 0 Å². The van der Waals surface area contributed by atoms with Gasteiger partial charge >= 0.3 is 0 Å². The van der Waals surface area contributed by atoms with E-state index in [0.717, 1.165) is 0 Å². The van der Waals surface area contributed by atoms with Gasteiger partial charge in [0, 0.05) is 0 Å². The molecule has 0 N–H and O–H groups in total. The summed E-state index contributed by atoms with van der Waals surface area (Å²) in [6.45, 7) is 15.3. The molecule has 0 spiro atoms. The molecule has 1 fully saturated rings. The minimum atomic E-state index is 1.37. The van der Waals surface area contributed by atoms with Crippen LogP contribution in [0.1, 0.15) is 65.2 Å². The molecule has 0 aromatic carbocycles. The zero-order valence-electron chi connectivity index (χ0n) is 11.9. The van der Waals surface area contributed by atoms with E-state index in [9.17, 15) is 0 Å². The Labute approximate surface area is 108 Å². The molecule has 0 aliphatic carbocycles. The van der Waals surface area contributed by atoms with Crippen LogP contribution in [0, 0.1) is 11.8 Å². The molecule has 2 heteroatoms. The smallest absolute Gasteiger partial charge is 0.0786 e. The molecular formula is C15H30N2. The second kappa shape index (κ2) is 10.6. The van der Waals surface area contributed by atoms with Crippen LogP contribution in [0.15, 0.2) is 0 Å². The van der Waals surface area contributed by atoms with Crippen molar-refractivity contribution in [3.63, 3.8) is 0 Å². The van der Waals surface area contributed by atoms with Gasteiger partial charge in [-0.05, 0) is 38.5 Å². The molecule has 0 bridgehead atoms. The second-order valence-electron chi connectivity index (χ2n) is 5.36. The van der Waals surface area contributed by atoms with E-state index in [1.54, 1.807) is 0 Å². The van der Waals surface area contributed by atoms with Gasteiger partial charge in [-0.15, -0.1) is 0 Å². The number of hydrogen-bond acceptors (Lipinski definition) is 1. The summed E-state index contributed by atoms with van der Waals surface area (Å²) in [6, 6.07) is 0. The summed E-state index contributed by atoms with van der Waals surface area (Å²) < 4.78 is 1.47. The van der Waals surface area contributed by atoms with Crippen molar-refractivity contribution in [2.24, 2.45) is 0 Å². The summed E-state index contributed by atoms with van der Waals surface area (Å²) in [4.78, 5) is 0. The van der Waals surface area contributed by atoms with Crippen LogP contribution < -0.4 is 0 Å². The molecule has 1 heterocycles. The second-order valence-corrected chi connectivity index (χ2v) is 5.36. The Morgan fingerprint density at radius 3 is 1.88 bits per heavy atom. The van der Waals surface area contributed by atoms with E-state index in [1.165, 1.54) is 82.0 Å². The Bertz CT molecular complexity index is 181. The van der Waals surface area contributed by atoms with E-state index in [4.69, 9.17) is 11.8 Å². The van der Waals surface area contributed by atoms with Crippen molar-refractivity contribution in [3.8, 4) is 0 Å². The summed E-state index contributed by atoms with van der Waals surface area (Å²) >= 11 is 0. The number of hydrogen-bond donors (Lipinski definition) is 0. The van der Waals surface area contributed by atoms with Crippen molar-refractivity contribution in [1.82, 2.24) is 0 Å². The first-order valence-electron chi connectivity index (χ1n) is 7.40. The van der Waals surface area contributed by atoms with Crippen LogP contribution in [-0.2, 0) is 0 Å². The maximum absolute atomic E-state index is 6.25. The van der Waals surface area contributed by atoms with Crippen LogP contribution in [0.25, 0.3) is 0 Å². The van der Waals surface area contributed by atoms with Gasteiger partial charge in [-0.2, -0.15) is 0 Å². The Morgan fingerprint density at radius 1 is 0.824 bits per heavy atom. The van der Waals surface area contributed by atoms with E-state index in [2.05, 4.69) is 13.8 Å². The minimum Gasteiger partial charge on any atom is -0.512 e. The molecule has 0 saturated carbocycles. The number of unbranched alkanes of at least 4 members (excludes halogenated alkanes) is 3. The molecule has 0 atom stereocenters. The fourth-order valence-corrected chi connectivity index (χ4v) is 2.93. The Hall–Kier alpha value is -0.550. The van der Waals surface area contributed by atoms with Crippen LogP contribution in [0.2, 0.25) is 0 Å². The number of likely N-dealkylation sites (tertiary alicyclic amines) is 1. The lowest BCUT2D eigenvalue weighted by Gasteiger charge is -2.42. The average molecular weight is 238 g/mol. The van der Waals surface area contributed by atoms with E-state index in [0.29, 0.717) is 0 Å². The third kappa shape index (κ3) is 6.68. The topological polar surface area (TPSA) is 23.8 Å². The average Bonchev–Trinajstić information content (AvgIpc) is 2.40. The van der Waals surface area contributed by atoms with Gasteiger partial charge in [-0.3, -0.25) is 0 Å². The summed E-state index contributed by atoms with van der Waals surface area (Å²) in [7, 11) is 0. The predicted octanol–water partition coefficient (Wildman–Crippen LogP) is 4.07. The van der Waals surface area contributed by atoms with E-state index >= 15 is 0 Å². The monoisotopic (exact) mass is 238 g/mol. The maximum atomic E-state index is 6.25. The van der Waals surface area contributed by atoms with Gasteiger partial charge in [-0.25, -0.2) is 0 Å². The highest BCUT2D eigenvalue weighted by molar-refractivity contribution is 4.55. The molecular weight excluding hydrogens is 208 g/mol. The molecule has 0 radical (unpaired) electrons. The summed E-state index contributed by atoms with van der Waals surface area (Å²) in [5, 5.41) is 6.25. The summed E-state index contributed by atoms with van der Waals surface area (Å²) in [5.74, 6) is 0. The fourth-order valence-electron chi connectivity index (χ4n) is 2.93. The Morgan fingerprint density at radius 2 is 1.35 bits per heavy atom. The van der Waals surface area contributed by atoms with Crippen LogP contribution in [0.4, 0.5) is 0 Å². The highest BCUT2D eigenvalue weighted by atomic mass is 15.3. The maximum Gasteiger partial charge on any atom is 0.0786 e. The molecule has 0 amide bonds. The molecule has 1 aliphatic rings. The summed E-state index contributed by atoms with van der Waals surface area (Å²) in [5.41, 5.74) is 0. The fraction of sp³-hybridized carbons (Fsp3) is 0.933. The lowest BCUT2D eigenvalue weighted by Crippen LogP contribution is -2.52. The first-order chi connectivity index (χ1) is 8.33. The molecule has 0 aromatic heterocycles. The van der Waals surface area contributed by atoms with Crippen molar-refractivity contribution in [2.75, 3.05) is 26.2 Å². The Balaban J connectivity index is 0.00000121. The van der Waals surface area contributed by atoms with Gasteiger partial charge in [0.05, 0.1) is 26.2 Å². The SMILES string of the molecule is CCCCC[N+]1(CCCC)CCCCC1.[C-]#N. The quantitative estimate of drug-likeness (QED) is 0.372. The molecule has 1 aliphatic heterocycles. The standard InChI is InChI=1S/C14H30N.CN/c1-3-5-8-12-15(11-6-4-2)13-9-7-10-14-15;1-2/h3-14H2,1-2H3;/q+1;-1. The molecule has 17 heavy (non-hydrogen) atoms. The number of rotatable bonds is 7. The number of nitrogens with zero attached hydrogens (tertiary/aromatic N) is 2. The highest BCUT2D eigenvalue weighted by Crippen LogP contribution is 2.21. The van der Waals surface area contributed by atoms with E-state index in [1.807, 2.05) is 0 Å². The molecule has 0 unspecified atom stereocenters. The van der Waals surface area contributed by atoms with Crippen molar-refractivity contribution in [1.29, 1.82) is 5.26 Å². The highest BCUT2D eigenvalue weighted by Gasteiger charge is 2.28. The minimum absolute atomic E-state index is 1.37. The molecule has 0 aromatic rings. The molecule has 2 nitrogen and oxygen atoms in total. The molecule has 1 rings (SSSR count). The van der Waals surface area contributed by atoms with Gasteiger partial charge < -0.3 is 16.3 Å². The lowest BCUT2D eigenvalue weighted by molar-refractivity contribution is -0.932. The van der Waals surface area contributed by atoms with Gasteiger partial charge in [0.15, 0.2) is 0 Å². The third-order valence-electron chi connectivity index (χ3n) is 3.99. The van der Waals surface area contributed by atoms with Crippen molar-refractivity contribution in [3.05, 3.63) is 6.57 Å². The van der Waals surface area contributed by atoms with Crippen LogP contribution in [0.3, 0.4) is 0 Å². The van der Waals surface area contributed by atoms with Crippen molar-refractivity contribution >= 4 is 0 Å². The number of quaternary nitrogens is 1. The first-order valence-corrected chi connectivity index (χ1v) is 7.40. The van der Waals surface area contributed by atoms with E-state index < -0.39 is 0 Å². The zero-order chi connectivity index (χ0) is 13.0. The normalized spacial score (nSPS) is 18.1. The predicted molar refractivity (Wildman–Crippen MR) is 73.0 cm³/mol. The lowest BCUT2D eigenvalue weighted by atomic mass is 10.0. The van der Waals surface area contributed by atoms with Gasteiger partial charge in [0.2, 0.25) is 0 Å². The van der Waals surface area contributed by atoms with Gasteiger partial charge in [0.1, 0.15) is 0 Å². The Kier molecular flexibility index (Phi) is 10.3. The van der Waals surface area contributed by atoms with Crippen LogP contribution >= 0.6 is 0 Å². The largest absolute Gasteiger partial charge is 0.512 e. The molecule has 100 valence electrons. The zero-order valence-corrected chi connectivity index (χ0v) is 11.9. The van der Waals surface area contributed by atoms with Crippen molar-refractivity contribution in [2.45, 2.75) is 65.2 Å². The van der Waals surface area contributed by atoms with Gasteiger partial charge in [-0.1, -0.05) is 26.7 Å². The van der Waals surface area contributed by atoms with Crippen LogP contribution in [-0.4, -0.2) is 30.7 Å².